The summed E-state index contributed by atoms with van der Waals surface area (Å²) in [4.78, 5) is 8.41. The van der Waals surface area contributed by atoms with Gasteiger partial charge in [0.05, 0.1) is 5.69 Å². The quantitative estimate of drug-likeness (QED) is 0.480. The second-order valence-corrected chi connectivity index (χ2v) is 8.88. The third kappa shape index (κ3) is 2.98. The van der Waals surface area contributed by atoms with Gasteiger partial charge in [-0.3, -0.25) is 0 Å². The third-order valence-corrected chi connectivity index (χ3v) is 6.59. The minimum atomic E-state index is 0.439. The maximum Gasteiger partial charge on any atom is 0.140 e. The maximum absolute atomic E-state index is 4.63. The molecule has 150 valence electrons. The first-order valence-corrected chi connectivity index (χ1v) is 10.8. The molecule has 1 aliphatic heterocycles. The molecule has 4 heteroatoms. The lowest BCUT2D eigenvalue weighted by Crippen LogP contribution is -2.26. The van der Waals surface area contributed by atoms with Crippen molar-refractivity contribution in [2.45, 2.75) is 45.4 Å². The SMILES string of the molecule is Cc1ccnc2c1c(-c1[nH]c3ccc(C4CCNCC4)cc3c1C(C)C)cn2C. The Hall–Kier alpha value is -2.59. The molecule has 1 aliphatic rings. The standard InChI is InChI=1S/C25H30N4/c1-15(2)22-19-13-18(17-8-10-26-11-9-17)5-6-21(19)28-24(22)20-14-29(4)25-23(20)16(3)7-12-27-25/h5-7,12-15,17,26,28H,8-11H2,1-4H3. The van der Waals surface area contributed by atoms with Crippen LogP contribution in [0.4, 0.5) is 0 Å². The first kappa shape index (κ1) is 18.4. The van der Waals surface area contributed by atoms with Gasteiger partial charge in [-0.2, -0.15) is 0 Å². The Kier molecular flexibility index (Phi) is 4.47. The van der Waals surface area contributed by atoms with Gasteiger partial charge in [-0.25, -0.2) is 4.98 Å². The number of nitrogens with one attached hydrogen (secondary N) is 2. The van der Waals surface area contributed by atoms with Crippen LogP contribution in [-0.4, -0.2) is 27.6 Å². The molecule has 1 aromatic carbocycles. The molecule has 1 fully saturated rings. The summed E-state index contributed by atoms with van der Waals surface area (Å²) < 4.78 is 2.15. The fraction of sp³-hybridized carbons (Fsp3) is 0.400. The zero-order valence-corrected chi connectivity index (χ0v) is 17.8. The van der Waals surface area contributed by atoms with Crippen LogP contribution < -0.4 is 5.32 Å². The molecule has 0 amide bonds. The highest BCUT2D eigenvalue weighted by molar-refractivity contribution is 6.01. The van der Waals surface area contributed by atoms with E-state index < -0.39 is 0 Å². The molecule has 0 radical (unpaired) electrons. The van der Waals surface area contributed by atoms with Crippen LogP contribution in [0.5, 0.6) is 0 Å². The lowest BCUT2D eigenvalue weighted by Gasteiger charge is -2.23. The average molecular weight is 387 g/mol. The van der Waals surface area contributed by atoms with Crippen molar-refractivity contribution >= 4 is 21.9 Å². The number of rotatable bonds is 3. The monoisotopic (exact) mass is 386 g/mol. The van der Waals surface area contributed by atoms with Crippen LogP contribution in [0.15, 0.2) is 36.7 Å². The van der Waals surface area contributed by atoms with E-state index in [1.165, 1.54) is 57.1 Å². The van der Waals surface area contributed by atoms with E-state index in [1.54, 1.807) is 0 Å². The summed E-state index contributed by atoms with van der Waals surface area (Å²) >= 11 is 0. The van der Waals surface area contributed by atoms with Gasteiger partial charge in [-0.05, 0) is 79.6 Å². The first-order valence-electron chi connectivity index (χ1n) is 10.8. The predicted octanol–water partition coefficient (Wildman–Crippen LogP) is 5.62. The highest BCUT2D eigenvalue weighted by atomic mass is 15.0. The Morgan fingerprint density at radius 1 is 1.14 bits per heavy atom. The van der Waals surface area contributed by atoms with E-state index in [4.69, 9.17) is 0 Å². The second kappa shape index (κ2) is 7.03. The van der Waals surface area contributed by atoms with Crippen molar-refractivity contribution in [3.63, 3.8) is 0 Å². The maximum atomic E-state index is 4.63. The van der Waals surface area contributed by atoms with Crippen LogP contribution >= 0.6 is 0 Å². The van der Waals surface area contributed by atoms with Gasteiger partial charge in [-0.1, -0.05) is 19.9 Å². The van der Waals surface area contributed by atoms with E-state index in [0.29, 0.717) is 11.8 Å². The molecule has 0 saturated carbocycles. The third-order valence-electron chi connectivity index (χ3n) is 6.59. The lowest BCUT2D eigenvalue weighted by atomic mass is 9.88. The molecule has 4 heterocycles. The van der Waals surface area contributed by atoms with E-state index in [9.17, 15) is 0 Å². The topological polar surface area (TPSA) is 45.6 Å². The largest absolute Gasteiger partial charge is 0.354 e. The molecular formula is C25H30N4. The van der Waals surface area contributed by atoms with Crippen LogP contribution in [0.3, 0.4) is 0 Å². The van der Waals surface area contributed by atoms with E-state index in [-0.39, 0.29) is 0 Å². The molecule has 4 aromatic rings. The minimum Gasteiger partial charge on any atom is -0.354 e. The Morgan fingerprint density at radius 2 is 1.93 bits per heavy atom. The molecule has 0 spiro atoms. The van der Waals surface area contributed by atoms with Crippen LogP contribution in [0, 0.1) is 6.92 Å². The lowest BCUT2D eigenvalue weighted by molar-refractivity contribution is 0.460. The number of aryl methyl sites for hydroxylation is 2. The Morgan fingerprint density at radius 3 is 2.69 bits per heavy atom. The number of fused-ring (bicyclic) bond motifs is 2. The molecule has 29 heavy (non-hydrogen) atoms. The molecule has 0 bridgehead atoms. The number of aromatic nitrogens is 3. The minimum absolute atomic E-state index is 0.439. The van der Waals surface area contributed by atoms with Gasteiger partial charge in [-0.15, -0.1) is 0 Å². The average Bonchev–Trinajstić information content (AvgIpc) is 3.27. The smallest absolute Gasteiger partial charge is 0.140 e. The molecule has 0 atom stereocenters. The zero-order valence-electron chi connectivity index (χ0n) is 17.8. The highest BCUT2D eigenvalue weighted by Gasteiger charge is 2.22. The van der Waals surface area contributed by atoms with Crippen LogP contribution in [-0.2, 0) is 7.05 Å². The highest BCUT2D eigenvalue weighted by Crippen LogP contribution is 2.41. The van der Waals surface area contributed by atoms with Crippen LogP contribution in [0.2, 0.25) is 0 Å². The van der Waals surface area contributed by atoms with Gasteiger partial charge in [0, 0.05) is 41.3 Å². The summed E-state index contributed by atoms with van der Waals surface area (Å²) in [5.74, 6) is 1.11. The van der Waals surface area contributed by atoms with Crippen molar-refractivity contribution < 1.29 is 0 Å². The number of aromatic amines is 1. The van der Waals surface area contributed by atoms with Gasteiger partial charge in [0.25, 0.3) is 0 Å². The van der Waals surface area contributed by atoms with E-state index in [0.717, 1.165) is 18.7 Å². The number of pyridine rings is 1. The summed E-state index contributed by atoms with van der Waals surface area (Å²) in [6, 6.07) is 9.19. The summed E-state index contributed by atoms with van der Waals surface area (Å²) in [5.41, 5.74) is 8.97. The van der Waals surface area contributed by atoms with Crippen molar-refractivity contribution in [1.29, 1.82) is 0 Å². The number of H-pyrrole nitrogens is 1. The van der Waals surface area contributed by atoms with Crippen molar-refractivity contribution in [3.05, 3.63) is 53.3 Å². The van der Waals surface area contributed by atoms with Crippen molar-refractivity contribution in [3.8, 4) is 11.3 Å². The van der Waals surface area contributed by atoms with E-state index in [1.807, 2.05) is 6.20 Å². The van der Waals surface area contributed by atoms with E-state index in [2.05, 4.69) is 78.1 Å². The number of hydrogen-bond acceptors (Lipinski definition) is 2. The van der Waals surface area contributed by atoms with Crippen LogP contribution in [0.25, 0.3) is 33.2 Å². The summed E-state index contributed by atoms with van der Waals surface area (Å²) in [5, 5.41) is 6.12. The van der Waals surface area contributed by atoms with Crippen molar-refractivity contribution in [2.24, 2.45) is 7.05 Å². The molecule has 2 N–H and O–H groups in total. The fourth-order valence-electron chi connectivity index (χ4n) is 5.10. The number of piperidine rings is 1. The van der Waals surface area contributed by atoms with Gasteiger partial charge >= 0.3 is 0 Å². The first-order chi connectivity index (χ1) is 14.0. The zero-order chi connectivity index (χ0) is 20.1. The second-order valence-electron chi connectivity index (χ2n) is 8.88. The van der Waals surface area contributed by atoms with Gasteiger partial charge in [0.15, 0.2) is 0 Å². The van der Waals surface area contributed by atoms with E-state index >= 15 is 0 Å². The Bertz CT molecular complexity index is 1190. The molecule has 0 unspecified atom stereocenters. The summed E-state index contributed by atoms with van der Waals surface area (Å²) in [6.45, 7) is 9.04. The predicted molar refractivity (Wildman–Crippen MR) is 122 cm³/mol. The molecular weight excluding hydrogens is 356 g/mol. The van der Waals surface area contributed by atoms with Crippen LogP contribution in [0.1, 0.15) is 55.2 Å². The molecule has 4 nitrogen and oxygen atoms in total. The normalized spacial score (nSPS) is 15.8. The fourth-order valence-corrected chi connectivity index (χ4v) is 5.10. The molecule has 5 rings (SSSR count). The summed E-state index contributed by atoms with van der Waals surface area (Å²) in [7, 11) is 2.09. The number of benzene rings is 1. The Balaban J connectivity index is 1.74. The number of nitrogens with zero attached hydrogens (tertiary/aromatic N) is 2. The molecule has 1 saturated heterocycles. The molecule has 0 aliphatic carbocycles. The van der Waals surface area contributed by atoms with Gasteiger partial charge < -0.3 is 14.9 Å². The number of hydrogen-bond donors (Lipinski definition) is 2. The Labute approximate surface area is 172 Å². The van der Waals surface area contributed by atoms with Gasteiger partial charge in [0.1, 0.15) is 5.65 Å². The van der Waals surface area contributed by atoms with Crippen molar-refractivity contribution in [2.75, 3.05) is 13.1 Å². The summed E-state index contributed by atoms with van der Waals surface area (Å²) in [6.07, 6.45) is 6.60. The van der Waals surface area contributed by atoms with Crippen molar-refractivity contribution in [1.82, 2.24) is 19.9 Å². The van der Waals surface area contributed by atoms with Gasteiger partial charge in [0.2, 0.25) is 0 Å². The molecule has 3 aromatic heterocycles.